The van der Waals surface area contributed by atoms with E-state index < -0.39 is 17.5 Å². The molecule has 1 aliphatic heterocycles. The van der Waals surface area contributed by atoms with Crippen LogP contribution in [0.3, 0.4) is 0 Å². The second-order valence-corrected chi connectivity index (χ2v) is 6.48. The van der Waals surface area contributed by atoms with Crippen molar-refractivity contribution in [2.45, 2.75) is 70.7 Å². The zero-order chi connectivity index (χ0) is 14.3. The fourth-order valence-corrected chi connectivity index (χ4v) is 2.37. The number of alkyl carbamates (subject to hydrolysis) is 1. The predicted octanol–water partition coefficient (Wildman–Crippen LogP) is 2.36. The predicted molar refractivity (Wildman–Crippen MR) is 70.7 cm³/mol. The number of fused-ring (bicyclic) bond motifs is 1. The highest BCUT2D eigenvalue weighted by Gasteiger charge is 2.45. The summed E-state index contributed by atoms with van der Waals surface area (Å²) in [5, 5.41) is 2.87. The Morgan fingerprint density at radius 1 is 1.37 bits per heavy atom. The SMILES string of the molecule is CC(C)(C)OC(=O)N[C@@H]1CC=C[C@H]2OC(C)(C)O[C@@H]12. The Morgan fingerprint density at radius 3 is 2.68 bits per heavy atom. The second-order valence-electron chi connectivity index (χ2n) is 6.48. The van der Waals surface area contributed by atoms with E-state index in [1.807, 2.05) is 46.8 Å². The van der Waals surface area contributed by atoms with Crippen LogP contribution >= 0.6 is 0 Å². The molecule has 0 bridgehead atoms. The first-order valence-corrected chi connectivity index (χ1v) is 6.68. The lowest BCUT2D eigenvalue weighted by Gasteiger charge is -2.29. The monoisotopic (exact) mass is 269 g/mol. The van der Waals surface area contributed by atoms with Crippen molar-refractivity contribution in [2.24, 2.45) is 0 Å². The summed E-state index contributed by atoms with van der Waals surface area (Å²) in [6.45, 7) is 9.28. The lowest BCUT2D eigenvalue weighted by molar-refractivity contribution is -0.145. The minimum atomic E-state index is -0.613. The lowest BCUT2D eigenvalue weighted by atomic mass is 9.96. The number of rotatable bonds is 1. The summed E-state index contributed by atoms with van der Waals surface area (Å²) in [4.78, 5) is 11.8. The van der Waals surface area contributed by atoms with Gasteiger partial charge in [0.15, 0.2) is 5.79 Å². The Bertz CT molecular complexity index is 383. The van der Waals surface area contributed by atoms with Crippen LogP contribution in [0.2, 0.25) is 0 Å². The van der Waals surface area contributed by atoms with Crippen molar-refractivity contribution in [3.8, 4) is 0 Å². The van der Waals surface area contributed by atoms with E-state index in [1.165, 1.54) is 0 Å². The molecule has 108 valence electrons. The Kier molecular flexibility index (Phi) is 3.62. The van der Waals surface area contributed by atoms with Crippen molar-refractivity contribution in [3.63, 3.8) is 0 Å². The van der Waals surface area contributed by atoms with Gasteiger partial charge in [0.2, 0.25) is 0 Å². The van der Waals surface area contributed by atoms with Crippen LogP contribution in [0.25, 0.3) is 0 Å². The summed E-state index contributed by atoms with van der Waals surface area (Å²) in [5.41, 5.74) is -0.500. The fourth-order valence-electron chi connectivity index (χ4n) is 2.37. The third-order valence-corrected chi connectivity index (χ3v) is 2.98. The van der Waals surface area contributed by atoms with E-state index in [0.717, 1.165) is 6.42 Å². The average molecular weight is 269 g/mol. The summed E-state index contributed by atoms with van der Waals surface area (Å²) in [6.07, 6.45) is 4.04. The van der Waals surface area contributed by atoms with Crippen LogP contribution < -0.4 is 5.32 Å². The van der Waals surface area contributed by atoms with Gasteiger partial charge in [0, 0.05) is 0 Å². The summed E-state index contributed by atoms with van der Waals surface area (Å²) in [6, 6.07) is -0.119. The molecule has 0 spiro atoms. The van der Waals surface area contributed by atoms with E-state index in [0.29, 0.717) is 0 Å². The maximum absolute atomic E-state index is 11.8. The Labute approximate surface area is 114 Å². The van der Waals surface area contributed by atoms with Gasteiger partial charge in [-0.1, -0.05) is 12.2 Å². The number of ether oxygens (including phenoxy) is 3. The van der Waals surface area contributed by atoms with Gasteiger partial charge in [0.05, 0.1) is 6.04 Å². The third-order valence-electron chi connectivity index (χ3n) is 2.98. The molecule has 1 N–H and O–H groups in total. The van der Waals surface area contributed by atoms with Crippen LogP contribution in [-0.2, 0) is 14.2 Å². The highest BCUT2D eigenvalue weighted by Crippen LogP contribution is 2.33. The molecule has 5 heteroatoms. The maximum atomic E-state index is 11.8. The second kappa shape index (κ2) is 4.80. The lowest BCUT2D eigenvalue weighted by Crippen LogP contribution is -2.49. The molecule has 1 fully saturated rings. The molecule has 19 heavy (non-hydrogen) atoms. The third kappa shape index (κ3) is 3.70. The average Bonchev–Trinajstić information content (AvgIpc) is 2.50. The van der Waals surface area contributed by atoms with Gasteiger partial charge in [-0.3, -0.25) is 0 Å². The van der Waals surface area contributed by atoms with Crippen LogP contribution in [0.1, 0.15) is 41.0 Å². The Morgan fingerprint density at radius 2 is 2.05 bits per heavy atom. The molecule has 0 radical (unpaired) electrons. The summed E-state index contributed by atoms with van der Waals surface area (Å²) in [7, 11) is 0. The largest absolute Gasteiger partial charge is 0.444 e. The molecule has 1 amide bonds. The molecule has 0 saturated carbocycles. The van der Waals surface area contributed by atoms with E-state index in [4.69, 9.17) is 14.2 Å². The van der Waals surface area contributed by atoms with Gasteiger partial charge in [-0.25, -0.2) is 4.79 Å². The maximum Gasteiger partial charge on any atom is 0.407 e. The van der Waals surface area contributed by atoms with E-state index in [2.05, 4.69) is 5.32 Å². The Balaban J connectivity index is 1.98. The van der Waals surface area contributed by atoms with Crippen molar-refractivity contribution >= 4 is 6.09 Å². The van der Waals surface area contributed by atoms with Crippen molar-refractivity contribution in [1.82, 2.24) is 5.32 Å². The van der Waals surface area contributed by atoms with E-state index in [-0.39, 0.29) is 18.2 Å². The molecule has 3 atom stereocenters. The first kappa shape index (κ1) is 14.3. The normalized spacial score (nSPS) is 32.8. The van der Waals surface area contributed by atoms with E-state index >= 15 is 0 Å². The van der Waals surface area contributed by atoms with Crippen LogP contribution in [0.5, 0.6) is 0 Å². The fraction of sp³-hybridized carbons (Fsp3) is 0.786. The molecule has 0 aromatic rings. The van der Waals surface area contributed by atoms with Crippen molar-refractivity contribution in [1.29, 1.82) is 0 Å². The first-order valence-electron chi connectivity index (χ1n) is 6.68. The molecule has 1 heterocycles. The number of hydrogen-bond acceptors (Lipinski definition) is 4. The standard InChI is InChI=1S/C14H23NO4/c1-13(2,3)19-12(16)15-9-7-6-8-10-11(9)18-14(4,5)17-10/h6,8-11H,7H2,1-5H3,(H,15,16)/t9-,10-,11+/m1/s1. The molecule has 0 aromatic carbocycles. The van der Waals surface area contributed by atoms with Gasteiger partial charge < -0.3 is 19.5 Å². The summed E-state index contributed by atoms with van der Waals surface area (Å²) < 4.78 is 16.9. The van der Waals surface area contributed by atoms with Gasteiger partial charge in [-0.2, -0.15) is 0 Å². The zero-order valence-electron chi connectivity index (χ0n) is 12.2. The van der Waals surface area contributed by atoms with Gasteiger partial charge >= 0.3 is 6.09 Å². The molecule has 0 unspecified atom stereocenters. The van der Waals surface area contributed by atoms with Gasteiger partial charge in [-0.05, 0) is 41.0 Å². The molecule has 1 saturated heterocycles. The van der Waals surface area contributed by atoms with Crippen molar-refractivity contribution in [2.75, 3.05) is 0 Å². The molecule has 2 rings (SSSR count). The Hall–Kier alpha value is -1.07. The summed E-state index contributed by atoms with van der Waals surface area (Å²) in [5.74, 6) is -0.613. The number of hydrogen-bond donors (Lipinski definition) is 1. The smallest absolute Gasteiger partial charge is 0.407 e. The van der Waals surface area contributed by atoms with Gasteiger partial charge in [-0.15, -0.1) is 0 Å². The highest BCUT2D eigenvalue weighted by atomic mass is 16.8. The molecule has 1 aliphatic carbocycles. The first-order chi connectivity index (χ1) is 8.66. The number of amides is 1. The summed E-state index contributed by atoms with van der Waals surface area (Å²) >= 11 is 0. The number of carbonyl (C=O) groups excluding carboxylic acids is 1. The van der Waals surface area contributed by atoms with Crippen LogP contribution in [-0.4, -0.2) is 35.7 Å². The van der Waals surface area contributed by atoms with Crippen LogP contribution in [0.15, 0.2) is 12.2 Å². The topological polar surface area (TPSA) is 56.8 Å². The zero-order valence-corrected chi connectivity index (χ0v) is 12.2. The van der Waals surface area contributed by atoms with Crippen molar-refractivity contribution in [3.05, 3.63) is 12.2 Å². The molecule has 0 aromatic heterocycles. The molecular weight excluding hydrogens is 246 g/mol. The minimum Gasteiger partial charge on any atom is -0.444 e. The number of nitrogens with one attached hydrogen (secondary N) is 1. The van der Waals surface area contributed by atoms with E-state index in [9.17, 15) is 4.79 Å². The molecule has 5 nitrogen and oxygen atoms in total. The quantitative estimate of drug-likeness (QED) is 0.742. The van der Waals surface area contributed by atoms with Crippen molar-refractivity contribution < 1.29 is 19.0 Å². The molecule has 2 aliphatic rings. The van der Waals surface area contributed by atoms with Crippen LogP contribution in [0, 0.1) is 0 Å². The highest BCUT2D eigenvalue weighted by molar-refractivity contribution is 5.68. The van der Waals surface area contributed by atoms with E-state index in [1.54, 1.807) is 0 Å². The van der Waals surface area contributed by atoms with Gasteiger partial charge in [0.1, 0.15) is 17.8 Å². The minimum absolute atomic E-state index is 0.108. The molecular formula is C14H23NO4. The van der Waals surface area contributed by atoms with Crippen LogP contribution in [0.4, 0.5) is 4.79 Å². The van der Waals surface area contributed by atoms with Gasteiger partial charge in [0.25, 0.3) is 0 Å². The number of carbonyl (C=O) groups is 1.